The summed E-state index contributed by atoms with van der Waals surface area (Å²) in [6.07, 6.45) is -0.139. The molecule has 0 saturated carbocycles. The number of carbonyl (C=O) groups is 2. The predicted molar refractivity (Wildman–Crippen MR) is 74.1 cm³/mol. The average Bonchev–Trinajstić information content (AvgIpc) is 2.42. The molecule has 1 heterocycles. The lowest BCUT2D eigenvalue weighted by Crippen LogP contribution is -2.21. The quantitative estimate of drug-likeness (QED) is 0.420. The molecular formula is C12H14N4O5. The van der Waals surface area contributed by atoms with Crippen LogP contribution in [0.4, 0.5) is 21.9 Å². The van der Waals surface area contributed by atoms with Crippen LogP contribution in [-0.4, -0.2) is 30.1 Å². The number of anilines is 2. The Balaban J connectivity index is 2.17. The number of nitrogens with zero attached hydrogens (tertiary/aromatic N) is 1. The van der Waals surface area contributed by atoms with Crippen molar-refractivity contribution >= 4 is 29.1 Å². The number of hydrogen-bond acceptors (Lipinski definition) is 6. The molecule has 4 N–H and O–H groups in total. The van der Waals surface area contributed by atoms with Gasteiger partial charge in [-0.05, 0) is 18.1 Å². The minimum absolute atomic E-state index is 0.0179. The third kappa shape index (κ3) is 3.59. The van der Waals surface area contributed by atoms with E-state index in [1.54, 1.807) is 0 Å². The molecule has 112 valence electrons. The minimum atomic E-state index is -0.913. The van der Waals surface area contributed by atoms with E-state index in [0.717, 1.165) is 5.56 Å². The number of aryl methyl sites for hydroxylation is 1. The maximum atomic E-state index is 11.4. The van der Waals surface area contributed by atoms with Gasteiger partial charge in [-0.25, -0.2) is 4.79 Å². The van der Waals surface area contributed by atoms with E-state index in [4.69, 9.17) is 5.73 Å². The summed E-state index contributed by atoms with van der Waals surface area (Å²) in [7, 11) is 0. The smallest absolute Gasteiger partial charge is 0.404 e. The van der Waals surface area contributed by atoms with Gasteiger partial charge < -0.3 is 21.1 Å². The highest BCUT2D eigenvalue weighted by molar-refractivity contribution is 5.95. The minimum Gasteiger partial charge on any atom is -0.448 e. The first-order chi connectivity index (χ1) is 9.97. The van der Waals surface area contributed by atoms with Crippen molar-refractivity contribution < 1.29 is 19.2 Å². The highest BCUT2D eigenvalue weighted by Gasteiger charge is 2.22. The Labute approximate surface area is 119 Å². The summed E-state index contributed by atoms with van der Waals surface area (Å²) >= 11 is 0. The first kappa shape index (κ1) is 14.6. The number of fused-ring (bicyclic) bond motifs is 1. The predicted octanol–water partition coefficient (Wildman–Crippen LogP) is 0.987. The molecule has 0 aliphatic carbocycles. The van der Waals surface area contributed by atoms with Crippen LogP contribution >= 0.6 is 0 Å². The molecule has 0 fully saturated rings. The number of nitrogens with one attached hydrogen (secondary N) is 2. The van der Waals surface area contributed by atoms with E-state index >= 15 is 0 Å². The highest BCUT2D eigenvalue weighted by atomic mass is 16.6. The van der Waals surface area contributed by atoms with Crippen LogP contribution in [-0.2, 0) is 16.0 Å². The second-order valence-electron chi connectivity index (χ2n) is 4.43. The third-order valence-corrected chi connectivity index (χ3v) is 2.98. The van der Waals surface area contributed by atoms with E-state index in [0.29, 0.717) is 18.5 Å². The molecule has 2 amide bonds. The van der Waals surface area contributed by atoms with E-state index in [9.17, 15) is 19.7 Å². The normalized spacial score (nSPS) is 13.0. The molecule has 2 rings (SSSR count). The van der Waals surface area contributed by atoms with Gasteiger partial charge >= 0.3 is 6.09 Å². The van der Waals surface area contributed by atoms with Gasteiger partial charge in [-0.3, -0.25) is 14.9 Å². The lowest BCUT2D eigenvalue weighted by molar-refractivity contribution is -0.384. The lowest BCUT2D eigenvalue weighted by Gasteiger charge is -2.18. The molecule has 21 heavy (non-hydrogen) atoms. The standard InChI is InChI=1S/C12H14N4O5/c13-12(18)21-4-3-14-9-6-8-7(1-2-11(17)15-8)5-10(9)16(19)20/h5-6,14H,1-4H2,(H2,13,18)(H,15,17). The number of nitro benzene ring substituents is 1. The number of benzene rings is 1. The summed E-state index contributed by atoms with van der Waals surface area (Å²) < 4.78 is 4.53. The number of nitro groups is 1. The van der Waals surface area contributed by atoms with E-state index in [-0.39, 0.29) is 30.4 Å². The van der Waals surface area contributed by atoms with Gasteiger partial charge in [0.15, 0.2) is 0 Å². The number of rotatable bonds is 5. The molecule has 0 radical (unpaired) electrons. The molecule has 1 aromatic carbocycles. The van der Waals surface area contributed by atoms with Crippen molar-refractivity contribution in [2.75, 3.05) is 23.8 Å². The van der Waals surface area contributed by atoms with Gasteiger partial charge in [0.2, 0.25) is 5.91 Å². The van der Waals surface area contributed by atoms with E-state index in [2.05, 4.69) is 15.4 Å². The fourth-order valence-electron chi connectivity index (χ4n) is 2.05. The fraction of sp³-hybridized carbons (Fsp3) is 0.333. The lowest BCUT2D eigenvalue weighted by atomic mass is 10.0. The van der Waals surface area contributed by atoms with Crippen molar-refractivity contribution in [1.82, 2.24) is 0 Å². The van der Waals surface area contributed by atoms with Gasteiger partial charge in [-0.1, -0.05) is 0 Å². The Kier molecular flexibility index (Phi) is 4.21. The van der Waals surface area contributed by atoms with Gasteiger partial charge in [0.1, 0.15) is 12.3 Å². The number of ether oxygens (including phenoxy) is 1. The first-order valence-electron chi connectivity index (χ1n) is 6.24. The average molecular weight is 294 g/mol. The Morgan fingerprint density at radius 1 is 1.48 bits per heavy atom. The SMILES string of the molecule is NC(=O)OCCNc1cc2c(cc1[N+](=O)[O-])CCC(=O)N2. The summed E-state index contributed by atoms with van der Waals surface area (Å²) in [4.78, 5) is 32.4. The molecule has 1 aromatic rings. The van der Waals surface area contributed by atoms with Crippen LogP contribution in [0, 0.1) is 10.1 Å². The highest BCUT2D eigenvalue weighted by Crippen LogP contribution is 2.33. The van der Waals surface area contributed by atoms with Crippen LogP contribution in [0.25, 0.3) is 0 Å². The van der Waals surface area contributed by atoms with Crippen LogP contribution in [0.5, 0.6) is 0 Å². The van der Waals surface area contributed by atoms with Gasteiger partial charge in [0.25, 0.3) is 5.69 Å². The molecule has 9 nitrogen and oxygen atoms in total. The molecule has 0 bridgehead atoms. The van der Waals surface area contributed by atoms with E-state index < -0.39 is 11.0 Å². The molecule has 1 aliphatic rings. The molecule has 0 saturated heterocycles. The number of amides is 2. The van der Waals surface area contributed by atoms with Crippen LogP contribution in [0.2, 0.25) is 0 Å². The summed E-state index contributed by atoms with van der Waals surface area (Å²) in [5.74, 6) is -0.126. The largest absolute Gasteiger partial charge is 0.448 e. The van der Waals surface area contributed by atoms with Crippen LogP contribution < -0.4 is 16.4 Å². The number of primary amides is 1. The third-order valence-electron chi connectivity index (χ3n) is 2.98. The maximum Gasteiger partial charge on any atom is 0.404 e. The molecule has 0 spiro atoms. The Bertz CT molecular complexity index is 602. The number of nitrogens with two attached hydrogens (primary N) is 1. The summed E-state index contributed by atoms with van der Waals surface area (Å²) in [5, 5.41) is 16.5. The zero-order chi connectivity index (χ0) is 15.4. The van der Waals surface area contributed by atoms with Crippen molar-refractivity contribution in [2.24, 2.45) is 5.73 Å². The monoisotopic (exact) mass is 294 g/mol. The molecule has 1 aliphatic heterocycles. The second-order valence-corrected chi connectivity index (χ2v) is 4.43. The molecule has 0 atom stereocenters. The zero-order valence-electron chi connectivity index (χ0n) is 11.0. The second kappa shape index (κ2) is 6.07. The van der Waals surface area contributed by atoms with Gasteiger partial charge in [-0.2, -0.15) is 0 Å². The van der Waals surface area contributed by atoms with Gasteiger partial charge in [-0.15, -0.1) is 0 Å². The fourth-order valence-corrected chi connectivity index (χ4v) is 2.05. The maximum absolute atomic E-state index is 11.4. The topological polar surface area (TPSA) is 137 Å². The number of carbonyl (C=O) groups excluding carboxylic acids is 2. The van der Waals surface area contributed by atoms with Crippen LogP contribution in [0.1, 0.15) is 12.0 Å². The van der Waals surface area contributed by atoms with Gasteiger partial charge in [0.05, 0.1) is 4.92 Å². The van der Waals surface area contributed by atoms with Crippen molar-refractivity contribution in [1.29, 1.82) is 0 Å². The van der Waals surface area contributed by atoms with Crippen molar-refractivity contribution in [3.8, 4) is 0 Å². The summed E-state index contributed by atoms with van der Waals surface area (Å²) in [6, 6.07) is 2.95. The Morgan fingerprint density at radius 3 is 2.90 bits per heavy atom. The van der Waals surface area contributed by atoms with E-state index in [1.165, 1.54) is 12.1 Å². The molecular weight excluding hydrogens is 280 g/mol. The molecule has 9 heteroatoms. The Hall–Kier alpha value is -2.84. The first-order valence-corrected chi connectivity index (χ1v) is 6.24. The van der Waals surface area contributed by atoms with Crippen molar-refractivity contribution in [2.45, 2.75) is 12.8 Å². The number of hydrogen-bond donors (Lipinski definition) is 3. The molecule has 0 unspecified atom stereocenters. The zero-order valence-corrected chi connectivity index (χ0v) is 11.0. The van der Waals surface area contributed by atoms with E-state index in [1.807, 2.05) is 0 Å². The van der Waals surface area contributed by atoms with Crippen molar-refractivity contribution in [3.63, 3.8) is 0 Å². The molecule has 0 aromatic heterocycles. The summed E-state index contributed by atoms with van der Waals surface area (Å²) in [5.41, 5.74) is 6.24. The van der Waals surface area contributed by atoms with Crippen LogP contribution in [0.3, 0.4) is 0 Å². The van der Waals surface area contributed by atoms with Gasteiger partial charge in [0, 0.05) is 24.7 Å². The Morgan fingerprint density at radius 2 is 2.24 bits per heavy atom. The summed E-state index contributed by atoms with van der Waals surface area (Å²) in [6.45, 7) is 0.145. The van der Waals surface area contributed by atoms with Crippen LogP contribution in [0.15, 0.2) is 12.1 Å². The van der Waals surface area contributed by atoms with Crippen molar-refractivity contribution in [3.05, 3.63) is 27.8 Å².